The van der Waals surface area contributed by atoms with Gasteiger partial charge in [-0.2, -0.15) is 0 Å². The molecule has 100 valence electrons. The third kappa shape index (κ3) is 4.78. The van der Waals surface area contributed by atoms with Crippen LogP contribution >= 0.6 is 0 Å². The van der Waals surface area contributed by atoms with Crippen molar-refractivity contribution < 1.29 is 4.74 Å². The average molecular weight is 248 g/mol. The van der Waals surface area contributed by atoms with Crippen LogP contribution in [-0.4, -0.2) is 30.8 Å². The van der Waals surface area contributed by atoms with Gasteiger partial charge in [-0.15, -0.1) is 0 Å². The molecule has 0 atom stereocenters. The summed E-state index contributed by atoms with van der Waals surface area (Å²) in [4.78, 5) is 6.55. The number of nitrogens with zero attached hydrogens (tertiary/aromatic N) is 2. The van der Waals surface area contributed by atoms with Crippen LogP contribution in [0.2, 0.25) is 0 Å². The lowest BCUT2D eigenvalue weighted by Gasteiger charge is -2.27. The van der Waals surface area contributed by atoms with E-state index >= 15 is 0 Å². The van der Waals surface area contributed by atoms with Crippen LogP contribution in [0, 0.1) is 0 Å². The van der Waals surface area contributed by atoms with E-state index in [0.29, 0.717) is 17.9 Å². The Balaban J connectivity index is 2.40. The first-order chi connectivity index (χ1) is 8.65. The number of hydrogen-bond acceptors (Lipinski definition) is 3. The molecule has 1 saturated heterocycles. The number of aliphatic imine (C=N–C) groups is 1. The normalized spacial score (nSPS) is 15.7. The smallest absolute Gasteiger partial charge is 0.121 e. The number of ether oxygens (including phenoxy) is 1. The van der Waals surface area contributed by atoms with Crippen molar-refractivity contribution in [1.29, 1.82) is 0 Å². The standard InChI is InChI=1S/C15H24N2O/c1-5-11-18-14(3)13(2)12-16-15(4)17-9-7-6-8-10-17/h12H,2-11H2,1H3/b16-12-. The number of likely N-dealkylation sites (tertiary alicyclic amines) is 1. The molecule has 0 radical (unpaired) electrons. The van der Waals surface area contributed by atoms with E-state index in [1.54, 1.807) is 6.21 Å². The maximum atomic E-state index is 5.40. The van der Waals surface area contributed by atoms with Crippen LogP contribution in [0.15, 0.2) is 41.9 Å². The van der Waals surface area contributed by atoms with Gasteiger partial charge in [-0.05, 0) is 25.7 Å². The fraction of sp³-hybridized carbons (Fsp3) is 0.533. The van der Waals surface area contributed by atoms with Crippen LogP contribution < -0.4 is 0 Å². The second-order valence-electron chi connectivity index (χ2n) is 4.52. The Hall–Kier alpha value is -1.51. The molecular formula is C15H24N2O. The maximum Gasteiger partial charge on any atom is 0.121 e. The topological polar surface area (TPSA) is 24.8 Å². The highest BCUT2D eigenvalue weighted by Crippen LogP contribution is 2.14. The summed E-state index contributed by atoms with van der Waals surface area (Å²) >= 11 is 0. The average Bonchev–Trinajstić information content (AvgIpc) is 2.42. The molecule has 0 saturated carbocycles. The molecule has 18 heavy (non-hydrogen) atoms. The SMILES string of the molecule is C=C(/C=N\C(=C)N1CCCCC1)C(=C)OCCC. The molecule has 1 heterocycles. The summed E-state index contributed by atoms with van der Waals surface area (Å²) in [6, 6.07) is 0. The largest absolute Gasteiger partial charge is 0.494 e. The Morgan fingerprint density at radius 2 is 1.89 bits per heavy atom. The van der Waals surface area contributed by atoms with Crippen LogP contribution in [0.4, 0.5) is 0 Å². The zero-order chi connectivity index (χ0) is 13.4. The summed E-state index contributed by atoms with van der Waals surface area (Å²) in [6.07, 6.45) is 6.41. The number of hydrogen-bond donors (Lipinski definition) is 0. The van der Waals surface area contributed by atoms with Gasteiger partial charge in [0, 0.05) is 24.9 Å². The molecule has 0 aromatic heterocycles. The second-order valence-corrected chi connectivity index (χ2v) is 4.52. The number of piperidine rings is 1. The predicted molar refractivity (Wildman–Crippen MR) is 77.6 cm³/mol. The molecule has 0 unspecified atom stereocenters. The fourth-order valence-corrected chi connectivity index (χ4v) is 1.78. The van der Waals surface area contributed by atoms with Crippen molar-refractivity contribution in [2.45, 2.75) is 32.6 Å². The maximum absolute atomic E-state index is 5.40. The van der Waals surface area contributed by atoms with Gasteiger partial charge in [0.2, 0.25) is 0 Å². The van der Waals surface area contributed by atoms with Crippen molar-refractivity contribution in [2.24, 2.45) is 4.99 Å². The summed E-state index contributed by atoms with van der Waals surface area (Å²) in [7, 11) is 0. The van der Waals surface area contributed by atoms with Crippen LogP contribution in [0.25, 0.3) is 0 Å². The molecule has 3 heteroatoms. The van der Waals surface area contributed by atoms with Crippen molar-refractivity contribution in [3.8, 4) is 0 Å². The number of rotatable bonds is 7. The zero-order valence-electron chi connectivity index (χ0n) is 11.5. The molecule has 0 aromatic carbocycles. The van der Waals surface area contributed by atoms with Gasteiger partial charge in [0.15, 0.2) is 0 Å². The summed E-state index contributed by atoms with van der Waals surface area (Å²) in [5, 5.41) is 0. The van der Waals surface area contributed by atoms with Gasteiger partial charge in [0.25, 0.3) is 0 Å². The van der Waals surface area contributed by atoms with Gasteiger partial charge in [-0.3, -0.25) is 0 Å². The quantitative estimate of drug-likeness (QED) is 0.391. The molecule has 0 N–H and O–H groups in total. The van der Waals surface area contributed by atoms with Gasteiger partial charge in [-0.1, -0.05) is 26.7 Å². The molecule has 0 bridgehead atoms. The van der Waals surface area contributed by atoms with E-state index in [9.17, 15) is 0 Å². The molecular weight excluding hydrogens is 224 g/mol. The van der Waals surface area contributed by atoms with Gasteiger partial charge < -0.3 is 9.64 Å². The predicted octanol–water partition coefficient (Wildman–Crippen LogP) is 3.51. The lowest BCUT2D eigenvalue weighted by Crippen LogP contribution is -2.27. The van der Waals surface area contributed by atoms with Gasteiger partial charge in [-0.25, -0.2) is 4.99 Å². The molecule has 1 aliphatic rings. The van der Waals surface area contributed by atoms with Gasteiger partial charge >= 0.3 is 0 Å². The van der Waals surface area contributed by atoms with Crippen LogP contribution in [0.3, 0.4) is 0 Å². The first-order valence-corrected chi connectivity index (χ1v) is 6.64. The summed E-state index contributed by atoms with van der Waals surface area (Å²) < 4.78 is 5.40. The van der Waals surface area contributed by atoms with Crippen molar-refractivity contribution in [3.63, 3.8) is 0 Å². The first kappa shape index (κ1) is 14.6. The van der Waals surface area contributed by atoms with E-state index in [1.807, 2.05) is 0 Å². The molecule has 3 nitrogen and oxygen atoms in total. The molecule has 0 spiro atoms. The van der Waals surface area contributed by atoms with E-state index < -0.39 is 0 Å². The van der Waals surface area contributed by atoms with Crippen LogP contribution in [0.5, 0.6) is 0 Å². The Kier molecular flexibility index (Phi) is 6.26. The molecule has 1 fully saturated rings. The van der Waals surface area contributed by atoms with E-state index in [2.05, 4.69) is 36.6 Å². The molecule has 0 aromatic rings. The summed E-state index contributed by atoms with van der Waals surface area (Å²) in [5.74, 6) is 1.39. The number of allylic oxidation sites excluding steroid dienone is 1. The first-order valence-electron chi connectivity index (χ1n) is 6.64. The van der Waals surface area contributed by atoms with Crippen LogP contribution in [-0.2, 0) is 4.74 Å². The minimum absolute atomic E-state index is 0.590. The molecule has 0 amide bonds. The molecule has 1 rings (SSSR count). The molecule has 0 aliphatic carbocycles. The lowest BCUT2D eigenvalue weighted by atomic mass is 10.1. The van der Waals surface area contributed by atoms with Crippen molar-refractivity contribution in [2.75, 3.05) is 19.7 Å². The Morgan fingerprint density at radius 1 is 1.22 bits per heavy atom. The lowest BCUT2D eigenvalue weighted by molar-refractivity contribution is 0.224. The summed E-state index contributed by atoms with van der Waals surface area (Å²) in [5.41, 5.74) is 0.710. The van der Waals surface area contributed by atoms with Crippen molar-refractivity contribution >= 4 is 6.21 Å². The van der Waals surface area contributed by atoms with Gasteiger partial charge in [0.05, 0.1) is 6.61 Å². The minimum atomic E-state index is 0.590. The second kappa shape index (κ2) is 7.75. The third-order valence-corrected chi connectivity index (χ3v) is 2.93. The van der Waals surface area contributed by atoms with Gasteiger partial charge in [0.1, 0.15) is 11.6 Å². The van der Waals surface area contributed by atoms with E-state index in [-0.39, 0.29) is 0 Å². The Morgan fingerprint density at radius 3 is 2.50 bits per heavy atom. The minimum Gasteiger partial charge on any atom is -0.494 e. The highest BCUT2D eigenvalue weighted by atomic mass is 16.5. The monoisotopic (exact) mass is 248 g/mol. The summed E-state index contributed by atoms with van der Waals surface area (Å²) in [6.45, 7) is 16.5. The highest BCUT2D eigenvalue weighted by Gasteiger charge is 2.10. The van der Waals surface area contributed by atoms with Crippen LogP contribution in [0.1, 0.15) is 32.6 Å². The molecule has 1 aliphatic heterocycles. The Bertz CT molecular complexity index is 338. The van der Waals surface area contributed by atoms with Crippen molar-refractivity contribution in [1.82, 2.24) is 4.90 Å². The Labute approximate surface area is 111 Å². The van der Waals surface area contributed by atoms with E-state index in [1.165, 1.54) is 19.3 Å². The zero-order valence-corrected chi connectivity index (χ0v) is 11.5. The van der Waals surface area contributed by atoms with E-state index in [0.717, 1.165) is 25.3 Å². The van der Waals surface area contributed by atoms with E-state index in [4.69, 9.17) is 4.74 Å². The highest BCUT2D eigenvalue weighted by molar-refractivity contribution is 5.83. The fourth-order valence-electron chi connectivity index (χ4n) is 1.78. The third-order valence-electron chi connectivity index (χ3n) is 2.93. The van der Waals surface area contributed by atoms with Crippen molar-refractivity contribution in [3.05, 3.63) is 36.9 Å².